The summed E-state index contributed by atoms with van der Waals surface area (Å²) in [6.45, 7) is -0.230. The Balaban J connectivity index is 2.07. The summed E-state index contributed by atoms with van der Waals surface area (Å²) in [5, 5.41) is 4.84. The van der Waals surface area contributed by atoms with Gasteiger partial charge < -0.3 is 15.2 Å². The average Bonchev–Trinajstić information content (AvgIpc) is 2.55. The van der Waals surface area contributed by atoms with Gasteiger partial charge in [0, 0.05) is 6.20 Å². The lowest BCUT2D eigenvalue weighted by Crippen LogP contribution is -2.20. The smallest absolute Gasteiger partial charge is 0.255 e. The van der Waals surface area contributed by atoms with E-state index in [2.05, 4.69) is 15.5 Å². The van der Waals surface area contributed by atoms with Gasteiger partial charge in [-0.2, -0.15) is 5.10 Å². The highest BCUT2D eigenvalue weighted by atomic mass is 35.5. The van der Waals surface area contributed by atoms with E-state index in [4.69, 9.17) is 38.4 Å². The van der Waals surface area contributed by atoms with Gasteiger partial charge in [0.1, 0.15) is 0 Å². The number of carbonyl (C=O) groups is 1. The Labute approximate surface area is 148 Å². The zero-order valence-electron chi connectivity index (χ0n) is 12.6. The number of carbonyl (C=O) groups excluding carboxylic acids is 1. The van der Waals surface area contributed by atoms with Crippen molar-refractivity contribution in [2.45, 2.75) is 0 Å². The van der Waals surface area contributed by atoms with Gasteiger partial charge in [0.15, 0.2) is 23.9 Å². The SMILES string of the molecule is COc1cc(/C=N/Nc2ncc(Cl)cc2Cl)ccc1OCC(N)=O. The molecule has 0 aliphatic rings. The summed E-state index contributed by atoms with van der Waals surface area (Å²) in [4.78, 5) is 14.8. The van der Waals surface area contributed by atoms with Gasteiger partial charge in [0.2, 0.25) is 0 Å². The molecule has 24 heavy (non-hydrogen) atoms. The van der Waals surface area contributed by atoms with Crippen molar-refractivity contribution >= 4 is 41.1 Å². The van der Waals surface area contributed by atoms with Gasteiger partial charge in [-0.25, -0.2) is 4.98 Å². The Morgan fingerprint density at radius 2 is 2.17 bits per heavy atom. The van der Waals surface area contributed by atoms with Crippen LogP contribution in [0.1, 0.15) is 5.56 Å². The molecule has 1 amide bonds. The molecule has 0 saturated carbocycles. The highest BCUT2D eigenvalue weighted by Crippen LogP contribution is 2.27. The second-order valence-electron chi connectivity index (χ2n) is 4.52. The molecule has 0 aliphatic carbocycles. The molecule has 1 aromatic heterocycles. The van der Waals surface area contributed by atoms with Crippen LogP contribution in [0.15, 0.2) is 35.6 Å². The van der Waals surface area contributed by atoms with Gasteiger partial charge in [-0.05, 0) is 29.8 Å². The van der Waals surface area contributed by atoms with Crippen LogP contribution in [0.3, 0.4) is 0 Å². The van der Waals surface area contributed by atoms with Crippen molar-refractivity contribution in [3.63, 3.8) is 0 Å². The molecular weight excluding hydrogens is 355 g/mol. The Hall–Kier alpha value is -2.51. The van der Waals surface area contributed by atoms with Crippen molar-refractivity contribution < 1.29 is 14.3 Å². The van der Waals surface area contributed by atoms with E-state index >= 15 is 0 Å². The molecule has 0 unspecified atom stereocenters. The first-order chi connectivity index (χ1) is 11.5. The maximum Gasteiger partial charge on any atom is 0.255 e. The highest BCUT2D eigenvalue weighted by molar-refractivity contribution is 6.35. The largest absolute Gasteiger partial charge is 0.493 e. The third-order valence-electron chi connectivity index (χ3n) is 2.75. The molecule has 2 rings (SSSR count). The number of benzene rings is 1. The number of hydrazone groups is 1. The summed E-state index contributed by atoms with van der Waals surface area (Å²) in [6.07, 6.45) is 3.01. The van der Waals surface area contributed by atoms with Crippen LogP contribution in [0.25, 0.3) is 0 Å². The molecule has 0 aliphatic heterocycles. The summed E-state index contributed by atoms with van der Waals surface area (Å²) >= 11 is 11.8. The number of ether oxygens (including phenoxy) is 2. The molecule has 0 fully saturated rings. The predicted octanol–water partition coefficient (Wildman–Crippen LogP) is 2.71. The van der Waals surface area contributed by atoms with Gasteiger partial charge in [-0.1, -0.05) is 23.2 Å². The van der Waals surface area contributed by atoms with Crippen LogP contribution in [0, 0.1) is 0 Å². The first kappa shape index (κ1) is 17.8. The number of pyridine rings is 1. The number of anilines is 1. The molecule has 7 nitrogen and oxygen atoms in total. The number of aromatic nitrogens is 1. The lowest BCUT2D eigenvalue weighted by molar-refractivity contribution is -0.119. The van der Waals surface area contributed by atoms with Crippen molar-refractivity contribution in [3.8, 4) is 11.5 Å². The standard InChI is InChI=1S/C15H14Cl2N4O3/c1-23-13-4-9(2-3-12(13)24-8-14(18)22)6-20-21-15-11(17)5-10(16)7-19-15/h2-7H,8H2,1H3,(H2,18,22)(H,19,21)/b20-6+. The molecule has 0 atom stereocenters. The highest BCUT2D eigenvalue weighted by Gasteiger charge is 2.06. The molecule has 1 heterocycles. The summed E-state index contributed by atoms with van der Waals surface area (Å²) in [5.41, 5.74) is 8.49. The third-order valence-corrected chi connectivity index (χ3v) is 3.24. The van der Waals surface area contributed by atoms with E-state index < -0.39 is 5.91 Å². The number of hydrogen-bond donors (Lipinski definition) is 2. The van der Waals surface area contributed by atoms with Crippen LogP contribution in [0.2, 0.25) is 10.0 Å². The molecule has 126 valence electrons. The van der Waals surface area contributed by atoms with Crippen molar-refractivity contribution in [2.75, 3.05) is 19.1 Å². The number of rotatable bonds is 7. The van der Waals surface area contributed by atoms with E-state index in [9.17, 15) is 4.79 Å². The van der Waals surface area contributed by atoms with Crippen LogP contribution in [0.4, 0.5) is 5.82 Å². The van der Waals surface area contributed by atoms with Gasteiger partial charge in [0.25, 0.3) is 5.91 Å². The minimum Gasteiger partial charge on any atom is -0.493 e. The minimum atomic E-state index is -0.570. The van der Waals surface area contributed by atoms with Crippen LogP contribution in [-0.4, -0.2) is 30.8 Å². The molecule has 9 heteroatoms. The molecule has 0 bridgehead atoms. The number of nitrogens with one attached hydrogen (secondary N) is 1. The molecule has 0 spiro atoms. The number of methoxy groups -OCH3 is 1. The number of nitrogens with two attached hydrogens (primary N) is 1. The lowest BCUT2D eigenvalue weighted by Gasteiger charge is -2.09. The van der Waals surface area contributed by atoms with Crippen LogP contribution < -0.4 is 20.6 Å². The maximum absolute atomic E-state index is 10.8. The molecule has 1 aromatic carbocycles. The monoisotopic (exact) mass is 368 g/mol. The Morgan fingerprint density at radius 3 is 2.83 bits per heavy atom. The summed E-state index contributed by atoms with van der Waals surface area (Å²) in [6, 6.07) is 6.64. The van der Waals surface area contributed by atoms with E-state index in [0.717, 1.165) is 5.56 Å². The van der Waals surface area contributed by atoms with Crippen LogP contribution >= 0.6 is 23.2 Å². The number of halogens is 2. The first-order valence-electron chi connectivity index (χ1n) is 6.69. The normalized spacial score (nSPS) is 10.6. The van der Waals surface area contributed by atoms with E-state index in [1.165, 1.54) is 13.3 Å². The van der Waals surface area contributed by atoms with E-state index in [0.29, 0.717) is 27.4 Å². The van der Waals surface area contributed by atoms with Gasteiger partial charge in [-0.15, -0.1) is 0 Å². The number of nitrogens with zero attached hydrogens (tertiary/aromatic N) is 2. The molecule has 2 aromatic rings. The van der Waals surface area contributed by atoms with Crippen LogP contribution in [0.5, 0.6) is 11.5 Å². The van der Waals surface area contributed by atoms with Crippen LogP contribution in [-0.2, 0) is 4.79 Å². The summed E-state index contributed by atoms with van der Waals surface area (Å²) < 4.78 is 10.5. The molecule has 0 radical (unpaired) electrons. The van der Waals surface area contributed by atoms with Crippen molar-refractivity contribution in [3.05, 3.63) is 46.1 Å². The zero-order chi connectivity index (χ0) is 17.5. The second-order valence-corrected chi connectivity index (χ2v) is 5.36. The Kier molecular flexibility index (Phi) is 6.22. The van der Waals surface area contributed by atoms with E-state index in [-0.39, 0.29) is 6.61 Å². The molecule has 3 N–H and O–H groups in total. The first-order valence-corrected chi connectivity index (χ1v) is 7.44. The van der Waals surface area contributed by atoms with Crippen molar-refractivity contribution in [1.29, 1.82) is 0 Å². The number of primary amides is 1. The number of hydrogen-bond acceptors (Lipinski definition) is 6. The van der Waals surface area contributed by atoms with Gasteiger partial charge in [0.05, 0.1) is 23.4 Å². The maximum atomic E-state index is 10.8. The Morgan fingerprint density at radius 1 is 1.38 bits per heavy atom. The lowest BCUT2D eigenvalue weighted by atomic mass is 10.2. The van der Waals surface area contributed by atoms with Crippen molar-refractivity contribution in [1.82, 2.24) is 4.98 Å². The average molecular weight is 369 g/mol. The fraction of sp³-hybridized carbons (Fsp3) is 0.133. The van der Waals surface area contributed by atoms with Gasteiger partial charge >= 0.3 is 0 Å². The fourth-order valence-electron chi connectivity index (χ4n) is 1.70. The predicted molar refractivity (Wildman–Crippen MR) is 93.2 cm³/mol. The zero-order valence-corrected chi connectivity index (χ0v) is 14.1. The number of amides is 1. The van der Waals surface area contributed by atoms with E-state index in [1.807, 2.05) is 0 Å². The Bertz CT molecular complexity index is 768. The fourth-order valence-corrected chi connectivity index (χ4v) is 2.12. The van der Waals surface area contributed by atoms with E-state index in [1.54, 1.807) is 30.5 Å². The summed E-state index contributed by atoms with van der Waals surface area (Å²) in [5.74, 6) is 0.664. The molecular formula is C15H14Cl2N4O3. The second kappa shape index (κ2) is 8.37. The van der Waals surface area contributed by atoms with Gasteiger partial charge in [-0.3, -0.25) is 10.2 Å². The van der Waals surface area contributed by atoms with Crippen molar-refractivity contribution in [2.24, 2.45) is 10.8 Å². The topological polar surface area (TPSA) is 98.8 Å². The summed E-state index contributed by atoms with van der Waals surface area (Å²) in [7, 11) is 1.49. The quantitative estimate of drug-likeness (QED) is 0.578. The molecule has 0 saturated heterocycles. The third kappa shape index (κ3) is 5.00. The minimum absolute atomic E-state index is 0.230.